The molecule has 3 atom stereocenters. The number of phenols is 1. The Bertz CT molecular complexity index is 1170. The smallest absolute Gasteiger partial charge is 0.227 e. The lowest BCUT2D eigenvalue weighted by Gasteiger charge is -2.14. The summed E-state index contributed by atoms with van der Waals surface area (Å²) in [5.41, 5.74) is 2.60. The van der Waals surface area contributed by atoms with Gasteiger partial charge in [0.1, 0.15) is 11.5 Å². The predicted octanol–water partition coefficient (Wildman–Crippen LogP) is 8.62. The van der Waals surface area contributed by atoms with E-state index in [1.165, 1.54) is 12.0 Å². The van der Waals surface area contributed by atoms with Crippen LogP contribution in [0.3, 0.4) is 0 Å². The lowest BCUT2D eigenvalue weighted by molar-refractivity contribution is -0.120. The van der Waals surface area contributed by atoms with Gasteiger partial charge in [0.05, 0.1) is 11.4 Å². The van der Waals surface area contributed by atoms with Crippen LogP contribution < -0.4 is 15.4 Å². The molecule has 0 aliphatic rings. The van der Waals surface area contributed by atoms with E-state index in [9.17, 15) is 14.7 Å². The van der Waals surface area contributed by atoms with Gasteiger partial charge in [-0.25, -0.2) is 0 Å². The molecule has 3 N–H and O–H groups in total. The van der Waals surface area contributed by atoms with E-state index >= 15 is 0 Å². The van der Waals surface area contributed by atoms with Crippen molar-refractivity contribution < 1.29 is 24.2 Å². The van der Waals surface area contributed by atoms with Gasteiger partial charge >= 0.3 is 0 Å². The number of benzene rings is 3. The first kappa shape index (κ1) is 36.2. The summed E-state index contributed by atoms with van der Waals surface area (Å²) >= 11 is 0. The number of ether oxygens (including phenoxy) is 2. The first-order valence-electron chi connectivity index (χ1n) is 14.9. The van der Waals surface area contributed by atoms with Crippen LogP contribution in [-0.4, -0.2) is 30.3 Å². The Morgan fingerprint density at radius 1 is 0.690 bits per heavy atom. The second kappa shape index (κ2) is 20.9. The number of aromatic hydroxyl groups is 1. The van der Waals surface area contributed by atoms with Crippen LogP contribution in [0.2, 0.25) is 0 Å². The van der Waals surface area contributed by atoms with Crippen molar-refractivity contribution in [1.29, 1.82) is 0 Å². The number of phenolic OH excluding ortho intramolecular Hbond substituents is 1. The maximum absolute atomic E-state index is 11.8. The van der Waals surface area contributed by atoms with Crippen molar-refractivity contribution in [2.75, 3.05) is 24.0 Å². The number of hydrogen-bond acceptors (Lipinski definition) is 5. The van der Waals surface area contributed by atoms with Crippen molar-refractivity contribution >= 4 is 23.2 Å². The molecule has 7 heteroatoms. The number of anilines is 2. The van der Waals surface area contributed by atoms with Crippen molar-refractivity contribution in [2.24, 2.45) is 11.8 Å². The summed E-state index contributed by atoms with van der Waals surface area (Å²) in [6, 6.07) is 24.7. The van der Waals surface area contributed by atoms with Crippen molar-refractivity contribution in [3.05, 3.63) is 84.4 Å². The van der Waals surface area contributed by atoms with Crippen molar-refractivity contribution in [3.63, 3.8) is 0 Å². The number of carbonyl (C=O) groups is 2. The average Bonchev–Trinajstić information content (AvgIpc) is 3.02. The SMILES string of the molecule is CCC(C)C(=O)Nc1ccccc1O.CCC(C)c1ccccc1.CCOCOc1ccccc1NC(=O)C(C)CC. The van der Waals surface area contributed by atoms with Crippen LogP contribution >= 0.6 is 0 Å². The molecule has 3 rings (SSSR count). The van der Waals surface area contributed by atoms with Gasteiger partial charge in [-0.3, -0.25) is 9.59 Å². The molecular formula is C35H50N2O5. The highest BCUT2D eigenvalue weighted by atomic mass is 16.7. The van der Waals surface area contributed by atoms with Crippen molar-refractivity contribution in [3.8, 4) is 11.5 Å². The molecule has 2 amide bonds. The van der Waals surface area contributed by atoms with E-state index in [4.69, 9.17) is 9.47 Å². The summed E-state index contributed by atoms with van der Waals surface area (Å²) in [6.07, 6.45) is 2.83. The van der Waals surface area contributed by atoms with Crippen LogP contribution in [-0.2, 0) is 14.3 Å². The van der Waals surface area contributed by atoms with E-state index < -0.39 is 0 Å². The van der Waals surface area contributed by atoms with E-state index in [0.717, 1.165) is 12.8 Å². The van der Waals surface area contributed by atoms with E-state index in [1.54, 1.807) is 24.3 Å². The Kier molecular flexibility index (Phi) is 18.0. The van der Waals surface area contributed by atoms with Gasteiger partial charge in [0.25, 0.3) is 0 Å². The summed E-state index contributed by atoms with van der Waals surface area (Å²) in [6.45, 7) is 14.9. The molecule has 3 unspecified atom stereocenters. The first-order valence-corrected chi connectivity index (χ1v) is 14.9. The molecule has 0 aliphatic heterocycles. The molecule has 7 nitrogen and oxygen atoms in total. The van der Waals surface area contributed by atoms with Gasteiger partial charge in [-0.1, -0.05) is 96.1 Å². The summed E-state index contributed by atoms with van der Waals surface area (Å²) in [7, 11) is 0. The van der Waals surface area contributed by atoms with Gasteiger partial charge in [0, 0.05) is 18.4 Å². The standard InChI is InChI=1S/C14H21NO3.C11H15NO2.C10H14/c1-4-11(3)14(16)15-12-8-6-7-9-13(12)18-10-17-5-2;1-3-8(2)11(14)12-9-6-4-5-7-10(9)13;1-3-9(2)10-7-5-4-6-8-10/h6-9,11H,4-5,10H2,1-3H3,(H,15,16);4-8,13H,3H2,1-2H3,(H,12,14);4-9H,3H2,1-2H3. The van der Waals surface area contributed by atoms with Gasteiger partial charge in [-0.05, 0) is 61.9 Å². The van der Waals surface area contributed by atoms with Gasteiger partial charge in [0.2, 0.25) is 11.8 Å². The molecule has 42 heavy (non-hydrogen) atoms. The van der Waals surface area contributed by atoms with E-state index in [2.05, 4.69) is 54.8 Å². The summed E-state index contributed by atoms with van der Waals surface area (Å²) in [4.78, 5) is 23.3. The van der Waals surface area contributed by atoms with Crippen molar-refractivity contribution in [1.82, 2.24) is 0 Å². The molecule has 0 saturated heterocycles. The molecule has 0 bridgehead atoms. The zero-order valence-electron chi connectivity index (χ0n) is 26.4. The lowest BCUT2D eigenvalue weighted by atomic mass is 9.99. The fourth-order valence-electron chi connectivity index (χ4n) is 3.36. The lowest BCUT2D eigenvalue weighted by Crippen LogP contribution is -2.20. The van der Waals surface area contributed by atoms with Crippen LogP contribution in [0.4, 0.5) is 11.4 Å². The minimum Gasteiger partial charge on any atom is -0.506 e. The Morgan fingerprint density at radius 3 is 1.71 bits per heavy atom. The highest BCUT2D eigenvalue weighted by Gasteiger charge is 2.13. The largest absolute Gasteiger partial charge is 0.506 e. The molecular weight excluding hydrogens is 528 g/mol. The second-order valence-corrected chi connectivity index (χ2v) is 10.1. The monoisotopic (exact) mass is 578 g/mol. The van der Waals surface area contributed by atoms with Gasteiger partial charge in [0.15, 0.2) is 6.79 Å². The van der Waals surface area contributed by atoms with E-state index in [1.807, 2.05) is 58.9 Å². The Labute approximate surface area is 252 Å². The molecule has 0 saturated carbocycles. The molecule has 0 aliphatic carbocycles. The highest BCUT2D eigenvalue weighted by Crippen LogP contribution is 2.25. The Hall–Kier alpha value is -3.84. The van der Waals surface area contributed by atoms with Gasteiger partial charge < -0.3 is 25.2 Å². The molecule has 3 aromatic carbocycles. The van der Waals surface area contributed by atoms with E-state index in [-0.39, 0.29) is 36.2 Å². The fraction of sp³-hybridized carbons (Fsp3) is 0.429. The Balaban J connectivity index is 0.000000328. The minimum absolute atomic E-state index is 0.00459. The molecule has 0 aromatic heterocycles. The quantitative estimate of drug-likeness (QED) is 0.114. The number of nitrogens with one attached hydrogen (secondary N) is 2. The number of para-hydroxylation sites is 4. The molecule has 0 heterocycles. The molecule has 0 radical (unpaired) electrons. The number of amides is 2. The number of rotatable bonds is 12. The van der Waals surface area contributed by atoms with Crippen LogP contribution in [0, 0.1) is 11.8 Å². The fourth-order valence-corrected chi connectivity index (χ4v) is 3.36. The molecule has 3 aromatic rings. The van der Waals surface area contributed by atoms with Crippen LogP contribution in [0.25, 0.3) is 0 Å². The zero-order valence-corrected chi connectivity index (χ0v) is 26.4. The third-order valence-corrected chi connectivity index (χ3v) is 6.91. The zero-order chi connectivity index (χ0) is 31.3. The van der Waals surface area contributed by atoms with Crippen molar-refractivity contribution in [2.45, 2.75) is 73.6 Å². The van der Waals surface area contributed by atoms with E-state index in [0.29, 0.717) is 29.6 Å². The summed E-state index contributed by atoms with van der Waals surface area (Å²) in [5.74, 6) is 1.34. The predicted molar refractivity (Wildman–Crippen MR) is 173 cm³/mol. The highest BCUT2D eigenvalue weighted by molar-refractivity contribution is 5.94. The topological polar surface area (TPSA) is 96.9 Å². The molecule has 0 spiro atoms. The summed E-state index contributed by atoms with van der Waals surface area (Å²) < 4.78 is 10.6. The number of hydrogen-bond donors (Lipinski definition) is 3. The van der Waals surface area contributed by atoms with Gasteiger partial charge in [-0.2, -0.15) is 0 Å². The van der Waals surface area contributed by atoms with Crippen LogP contribution in [0.15, 0.2) is 78.9 Å². The first-order chi connectivity index (χ1) is 20.2. The Morgan fingerprint density at radius 2 is 1.19 bits per heavy atom. The third-order valence-electron chi connectivity index (χ3n) is 6.91. The minimum atomic E-state index is -0.0611. The van der Waals surface area contributed by atoms with Crippen LogP contribution in [0.1, 0.15) is 79.2 Å². The maximum Gasteiger partial charge on any atom is 0.227 e. The average molecular weight is 579 g/mol. The molecule has 230 valence electrons. The third kappa shape index (κ3) is 13.7. The molecule has 0 fully saturated rings. The normalized spacial score (nSPS) is 12.3. The number of carbonyl (C=O) groups excluding carboxylic acids is 2. The van der Waals surface area contributed by atoms with Gasteiger partial charge in [-0.15, -0.1) is 0 Å². The maximum atomic E-state index is 11.8. The summed E-state index contributed by atoms with van der Waals surface area (Å²) in [5, 5.41) is 14.9. The van der Waals surface area contributed by atoms with Crippen LogP contribution in [0.5, 0.6) is 11.5 Å². The second-order valence-electron chi connectivity index (χ2n) is 10.1.